The Kier molecular flexibility index (Phi) is 2.99. The fourth-order valence-electron chi connectivity index (χ4n) is 3.56. The minimum atomic E-state index is -0.0973. The molecule has 0 spiro atoms. The van der Waals surface area contributed by atoms with Crippen molar-refractivity contribution in [2.24, 2.45) is 5.92 Å². The van der Waals surface area contributed by atoms with Gasteiger partial charge in [-0.15, -0.1) is 0 Å². The normalized spacial score (nSPS) is 40.6. The van der Waals surface area contributed by atoms with Crippen molar-refractivity contribution in [3.63, 3.8) is 0 Å². The SMILES string of the molecule is CC1CC2CCC(C1)N2C(=O)OC1CCOC1. The molecule has 96 valence electrons. The maximum absolute atomic E-state index is 12.2. The molecular weight excluding hydrogens is 218 g/mol. The number of fused-ring (bicyclic) bond motifs is 2. The van der Waals surface area contributed by atoms with E-state index >= 15 is 0 Å². The van der Waals surface area contributed by atoms with Crippen molar-refractivity contribution < 1.29 is 14.3 Å². The van der Waals surface area contributed by atoms with Gasteiger partial charge in [0.15, 0.2) is 0 Å². The third kappa shape index (κ3) is 2.15. The Morgan fingerprint density at radius 2 is 1.94 bits per heavy atom. The van der Waals surface area contributed by atoms with Crippen LogP contribution >= 0.6 is 0 Å². The van der Waals surface area contributed by atoms with Crippen molar-refractivity contribution in [2.75, 3.05) is 13.2 Å². The van der Waals surface area contributed by atoms with Crippen LogP contribution in [0.3, 0.4) is 0 Å². The number of hydrogen-bond donors (Lipinski definition) is 0. The summed E-state index contributed by atoms with van der Waals surface area (Å²) in [6.45, 7) is 3.59. The second-order valence-corrected chi connectivity index (χ2v) is 5.74. The summed E-state index contributed by atoms with van der Waals surface area (Å²) in [5, 5.41) is 0. The van der Waals surface area contributed by atoms with Gasteiger partial charge in [-0.1, -0.05) is 6.92 Å². The first-order valence-corrected chi connectivity index (χ1v) is 6.80. The van der Waals surface area contributed by atoms with Gasteiger partial charge in [-0.2, -0.15) is 0 Å². The minimum Gasteiger partial charge on any atom is -0.444 e. The van der Waals surface area contributed by atoms with Gasteiger partial charge in [-0.25, -0.2) is 4.79 Å². The van der Waals surface area contributed by atoms with Gasteiger partial charge in [0.1, 0.15) is 6.10 Å². The Labute approximate surface area is 102 Å². The predicted octanol–water partition coefficient (Wildman–Crippen LogP) is 2.17. The standard InChI is InChI=1S/C13H21NO3/c1-9-6-10-2-3-11(7-9)14(10)13(15)17-12-4-5-16-8-12/h9-12H,2-8H2,1H3. The number of rotatable bonds is 1. The molecule has 3 aliphatic rings. The summed E-state index contributed by atoms with van der Waals surface area (Å²) >= 11 is 0. The zero-order valence-corrected chi connectivity index (χ0v) is 10.4. The highest BCUT2D eigenvalue weighted by Gasteiger charge is 2.43. The number of amides is 1. The molecule has 4 heteroatoms. The largest absolute Gasteiger partial charge is 0.444 e. The fraction of sp³-hybridized carbons (Fsp3) is 0.923. The Morgan fingerprint density at radius 3 is 2.53 bits per heavy atom. The lowest BCUT2D eigenvalue weighted by molar-refractivity contribution is 0.0279. The van der Waals surface area contributed by atoms with Crippen LogP contribution in [0.2, 0.25) is 0 Å². The zero-order valence-electron chi connectivity index (χ0n) is 10.4. The average Bonchev–Trinajstić information content (AvgIpc) is 2.86. The van der Waals surface area contributed by atoms with Gasteiger partial charge in [0, 0.05) is 18.5 Å². The van der Waals surface area contributed by atoms with E-state index < -0.39 is 0 Å². The van der Waals surface area contributed by atoms with Crippen LogP contribution in [0, 0.1) is 5.92 Å². The number of carbonyl (C=O) groups is 1. The second kappa shape index (κ2) is 4.48. The van der Waals surface area contributed by atoms with Gasteiger partial charge in [0.25, 0.3) is 0 Å². The summed E-state index contributed by atoms with van der Waals surface area (Å²) in [5.74, 6) is 0.756. The third-order valence-corrected chi connectivity index (χ3v) is 4.33. The van der Waals surface area contributed by atoms with E-state index in [0.717, 1.165) is 44.6 Å². The lowest BCUT2D eigenvalue weighted by Crippen LogP contribution is -2.47. The van der Waals surface area contributed by atoms with Crippen molar-refractivity contribution in [1.82, 2.24) is 4.90 Å². The first-order valence-electron chi connectivity index (χ1n) is 6.80. The van der Waals surface area contributed by atoms with Gasteiger partial charge in [-0.05, 0) is 31.6 Å². The summed E-state index contributed by atoms with van der Waals surface area (Å²) in [6, 6.07) is 0.858. The molecule has 0 aliphatic carbocycles. The van der Waals surface area contributed by atoms with E-state index in [2.05, 4.69) is 6.92 Å². The smallest absolute Gasteiger partial charge is 0.410 e. The van der Waals surface area contributed by atoms with E-state index in [0.29, 0.717) is 18.7 Å². The van der Waals surface area contributed by atoms with Crippen molar-refractivity contribution in [2.45, 2.75) is 57.2 Å². The predicted molar refractivity (Wildman–Crippen MR) is 62.8 cm³/mol. The van der Waals surface area contributed by atoms with Gasteiger partial charge in [-0.3, -0.25) is 0 Å². The molecule has 0 saturated carbocycles. The Morgan fingerprint density at radius 1 is 1.24 bits per heavy atom. The summed E-state index contributed by atoms with van der Waals surface area (Å²) in [7, 11) is 0. The maximum Gasteiger partial charge on any atom is 0.410 e. The fourth-order valence-corrected chi connectivity index (χ4v) is 3.56. The van der Waals surface area contributed by atoms with Gasteiger partial charge >= 0.3 is 6.09 Å². The molecule has 4 nitrogen and oxygen atoms in total. The van der Waals surface area contributed by atoms with Gasteiger partial charge < -0.3 is 14.4 Å². The van der Waals surface area contributed by atoms with Gasteiger partial charge in [0.2, 0.25) is 0 Å². The summed E-state index contributed by atoms with van der Waals surface area (Å²) in [4.78, 5) is 14.2. The number of ether oxygens (including phenoxy) is 2. The first kappa shape index (κ1) is 11.3. The van der Waals surface area contributed by atoms with Crippen LogP contribution in [0.1, 0.15) is 39.0 Å². The van der Waals surface area contributed by atoms with Crippen LogP contribution in [0.4, 0.5) is 4.79 Å². The summed E-state index contributed by atoms with van der Waals surface area (Å²) in [5.41, 5.74) is 0. The van der Waals surface area contributed by atoms with Crippen molar-refractivity contribution in [1.29, 1.82) is 0 Å². The molecular formula is C13H21NO3. The van der Waals surface area contributed by atoms with Crippen LogP contribution in [0.5, 0.6) is 0 Å². The highest BCUT2D eigenvalue weighted by Crippen LogP contribution is 2.38. The molecule has 3 atom stereocenters. The second-order valence-electron chi connectivity index (χ2n) is 5.74. The van der Waals surface area contributed by atoms with Crippen LogP contribution in [0.25, 0.3) is 0 Å². The third-order valence-electron chi connectivity index (χ3n) is 4.33. The van der Waals surface area contributed by atoms with Crippen LogP contribution in [0.15, 0.2) is 0 Å². The maximum atomic E-state index is 12.2. The Balaban J connectivity index is 1.62. The number of hydrogen-bond acceptors (Lipinski definition) is 3. The lowest BCUT2D eigenvalue weighted by Gasteiger charge is -2.37. The highest BCUT2D eigenvalue weighted by molar-refractivity contribution is 5.69. The number of piperidine rings is 1. The number of nitrogens with zero attached hydrogens (tertiary/aromatic N) is 1. The van der Waals surface area contributed by atoms with E-state index in [-0.39, 0.29) is 12.2 Å². The molecule has 3 unspecified atom stereocenters. The summed E-state index contributed by atoms with van der Waals surface area (Å²) < 4.78 is 10.8. The molecule has 0 N–H and O–H groups in total. The molecule has 3 fully saturated rings. The quantitative estimate of drug-likeness (QED) is 0.704. The van der Waals surface area contributed by atoms with E-state index in [1.165, 1.54) is 0 Å². The topological polar surface area (TPSA) is 38.8 Å². The molecule has 0 aromatic rings. The first-order chi connectivity index (χ1) is 8.24. The molecule has 3 aliphatic heterocycles. The van der Waals surface area contributed by atoms with E-state index in [4.69, 9.17) is 9.47 Å². The molecule has 1 amide bonds. The Hall–Kier alpha value is -0.770. The van der Waals surface area contributed by atoms with E-state index in [1.807, 2.05) is 4.90 Å². The molecule has 2 bridgehead atoms. The van der Waals surface area contributed by atoms with Crippen molar-refractivity contribution >= 4 is 6.09 Å². The molecule has 17 heavy (non-hydrogen) atoms. The average molecular weight is 239 g/mol. The van der Waals surface area contributed by atoms with E-state index in [1.54, 1.807) is 0 Å². The molecule has 0 aromatic carbocycles. The molecule has 3 rings (SSSR count). The van der Waals surface area contributed by atoms with Crippen LogP contribution in [-0.2, 0) is 9.47 Å². The Bertz CT molecular complexity index is 287. The summed E-state index contributed by atoms with van der Waals surface area (Å²) in [6.07, 6.45) is 5.35. The molecule has 3 heterocycles. The highest BCUT2D eigenvalue weighted by atomic mass is 16.6. The molecule has 0 aromatic heterocycles. The zero-order chi connectivity index (χ0) is 11.8. The number of carbonyl (C=O) groups excluding carboxylic acids is 1. The monoisotopic (exact) mass is 239 g/mol. The van der Waals surface area contributed by atoms with Gasteiger partial charge in [0.05, 0.1) is 13.2 Å². The van der Waals surface area contributed by atoms with Crippen LogP contribution in [-0.4, -0.2) is 42.4 Å². The van der Waals surface area contributed by atoms with Crippen LogP contribution < -0.4 is 0 Å². The molecule has 0 radical (unpaired) electrons. The van der Waals surface area contributed by atoms with Crippen molar-refractivity contribution in [3.05, 3.63) is 0 Å². The van der Waals surface area contributed by atoms with Crippen molar-refractivity contribution in [3.8, 4) is 0 Å². The minimum absolute atomic E-state index is 0.0127. The molecule has 3 saturated heterocycles. The lowest BCUT2D eigenvalue weighted by atomic mass is 9.93. The van der Waals surface area contributed by atoms with E-state index in [9.17, 15) is 4.79 Å².